The Balaban J connectivity index is 1.63. The Morgan fingerprint density at radius 1 is 1.50 bits per heavy atom. The summed E-state index contributed by atoms with van der Waals surface area (Å²) in [7, 11) is 0. The van der Waals surface area contributed by atoms with E-state index in [9.17, 15) is 4.79 Å². The largest absolute Gasteiger partial charge is 0.374 e. The molecule has 0 N–H and O–H groups in total. The van der Waals surface area contributed by atoms with Crippen molar-refractivity contribution >= 4 is 6.29 Å². The fourth-order valence-electron chi connectivity index (χ4n) is 2.30. The lowest BCUT2D eigenvalue weighted by Gasteiger charge is -2.09. The van der Waals surface area contributed by atoms with Gasteiger partial charge in [-0.3, -0.25) is 0 Å². The average molecular weight is 192 g/mol. The number of allylic oxidation sites excluding steroid dienone is 4. The number of fused-ring (bicyclic) bond motifs is 2. The molecule has 0 spiro atoms. The van der Waals surface area contributed by atoms with Crippen molar-refractivity contribution in [3.05, 3.63) is 23.8 Å². The van der Waals surface area contributed by atoms with E-state index in [1.54, 1.807) is 5.57 Å². The average Bonchev–Trinajstić information content (AvgIpc) is 2.79. The third kappa shape index (κ3) is 2.13. The van der Waals surface area contributed by atoms with Gasteiger partial charge in [0, 0.05) is 6.61 Å². The van der Waals surface area contributed by atoms with Gasteiger partial charge in [-0.2, -0.15) is 0 Å². The van der Waals surface area contributed by atoms with Gasteiger partial charge in [-0.25, -0.2) is 0 Å². The fraction of sp³-hybridized carbons (Fsp3) is 0.583. The lowest BCUT2D eigenvalue weighted by atomic mass is 9.99. The Bertz CT molecular complexity index is 265. The van der Waals surface area contributed by atoms with Crippen LogP contribution in [-0.4, -0.2) is 19.5 Å². The summed E-state index contributed by atoms with van der Waals surface area (Å²) >= 11 is 0. The molecule has 0 heterocycles. The van der Waals surface area contributed by atoms with E-state index in [1.165, 1.54) is 6.42 Å². The van der Waals surface area contributed by atoms with Crippen LogP contribution in [0.1, 0.15) is 19.3 Å². The Morgan fingerprint density at radius 3 is 3.07 bits per heavy atom. The van der Waals surface area contributed by atoms with Crippen molar-refractivity contribution in [1.29, 1.82) is 0 Å². The van der Waals surface area contributed by atoms with Crippen LogP contribution in [0.25, 0.3) is 0 Å². The smallest absolute Gasteiger partial charge is 0.145 e. The second-order valence-electron chi connectivity index (χ2n) is 3.98. The molecule has 2 aliphatic rings. The molecule has 0 fully saturated rings. The number of carbonyl (C=O) groups is 1. The summed E-state index contributed by atoms with van der Waals surface area (Å²) in [5.41, 5.74) is 1.58. The highest BCUT2D eigenvalue weighted by molar-refractivity contribution is 5.50. The van der Waals surface area contributed by atoms with Gasteiger partial charge in [-0.05, 0) is 31.1 Å². The van der Waals surface area contributed by atoms with E-state index in [4.69, 9.17) is 4.74 Å². The fourth-order valence-corrected chi connectivity index (χ4v) is 2.30. The summed E-state index contributed by atoms with van der Waals surface area (Å²) in [5, 5.41) is 0. The van der Waals surface area contributed by atoms with Crippen molar-refractivity contribution in [2.75, 3.05) is 13.2 Å². The first-order valence-electron chi connectivity index (χ1n) is 5.30. The van der Waals surface area contributed by atoms with Crippen molar-refractivity contribution < 1.29 is 9.53 Å². The third-order valence-electron chi connectivity index (χ3n) is 2.96. The van der Waals surface area contributed by atoms with Crippen LogP contribution in [-0.2, 0) is 9.53 Å². The Kier molecular flexibility index (Phi) is 3.14. The molecule has 0 aliphatic heterocycles. The van der Waals surface area contributed by atoms with Crippen LogP contribution in [0.4, 0.5) is 0 Å². The topological polar surface area (TPSA) is 26.3 Å². The van der Waals surface area contributed by atoms with Crippen LogP contribution >= 0.6 is 0 Å². The highest BCUT2D eigenvalue weighted by Crippen LogP contribution is 2.39. The van der Waals surface area contributed by atoms with Crippen molar-refractivity contribution in [1.82, 2.24) is 0 Å². The van der Waals surface area contributed by atoms with Gasteiger partial charge < -0.3 is 9.53 Å². The summed E-state index contributed by atoms with van der Waals surface area (Å²) in [6.07, 6.45) is 11.3. The maximum absolute atomic E-state index is 9.98. The first-order valence-corrected chi connectivity index (χ1v) is 5.30. The van der Waals surface area contributed by atoms with Crippen LogP contribution in [0.2, 0.25) is 0 Å². The zero-order valence-electron chi connectivity index (χ0n) is 8.32. The molecule has 0 aromatic carbocycles. The van der Waals surface area contributed by atoms with Gasteiger partial charge in [-0.15, -0.1) is 0 Å². The predicted molar refractivity (Wildman–Crippen MR) is 54.9 cm³/mol. The summed E-state index contributed by atoms with van der Waals surface area (Å²) < 4.78 is 5.11. The van der Waals surface area contributed by atoms with Gasteiger partial charge in [0.1, 0.15) is 12.9 Å². The van der Waals surface area contributed by atoms with Crippen LogP contribution in [0.5, 0.6) is 0 Å². The molecule has 0 amide bonds. The second kappa shape index (κ2) is 4.56. The third-order valence-corrected chi connectivity index (χ3v) is 2.96. The molecular weight excluding hydrogens is 176 g/mol. The van der Waals surface area contributed by atoms with Gasteiger partial charge in [0.2, 0.25) is 0 Å². The van der Waals surface area contributed by atoms with Crippen LogP contribution in [0.15, 0.2) is 23.8 Å². The monoisotopic (exact) mass is 192 g/mol. The number of rotatable bonds is 6. The standard InChI is InChI=1S/C12H16O2/c13-5-7-14-6-1-2-11-8-10-3-4-12(11)9-10/h3-5,8,10,12H,1-2,6-7,9H2. The van der Waals surface area contributed by atoms with Crippen molar-refractivity contribution in [3.63, 3.8) is 0 Å². The molecule has 2 aliphatic carbocycles. The van der Waals surface area contributed by atoms with Gasteiger partial charge in [0.05, 0.1) is 0 Å². The van der Waals surface area contributed by atoms with Gasteiger partial charge in [0.25, 0.3) is 0 Å². The molecule has 0 aromatic heterocycles. The lowest BCUT2D eigenvalue weighted by Crippen LogP contribution is -2.00. The van der Waals surface area contributed by atoms with E-state index in [-0.39, 0.29) is 6.61 Å². The quantitative estimate of drug-likeness (QED) is 0.366. The first kappa shape index (κ1) is 9.66. The number of hydrogen-bond acceptors (Lipinski definition) is 2. The van der Waals surface area contributed by atoms with E-state index in [0.717, 1.165) is 19.1 Å². The molecule has 0 saturated heterocycles. The van der Waals surface area contributed by atoms with E-state index in [1.807, 2.05) is 0 Å². The highest BCUT2D eigenvalue weighted by atomic mass is 16.5. The summed E-state index contributed by atoms with van der Waals surface area (Å²) in [6, 6.07) is 0. The lowest BCUT2D eigenvalue weighted by molar-refractivity contribution is -0.111. The van der Waals surface area contributed by atoms with E-state index < -0.39 is 0 Å². The molecule has 0 saturated carbocycles. The highest BCUT2D eigenvalue weighted by Gasteiger charge is 2.26. The predicted octanol–water partition coefficient (Wildman–Crippen LogP) is 2.11. The first-order chi connectivity index (χ1) is 6.90. The van der Waals surface area contributed by atoms with Gasteiger partial charge >= 0.3 is 0 Å². The van der Waals surface area contributed by atoms with Crippen LogP contribution in [0, 0.1) is 11.8 Å². The summed E-state index contributed by atoms with van der Waals surface area (Å²) in [4.78, 5) is 9.98. The number of hydrogen-bond donors (Lipinski definition) is 0. The molecule has 76 valence electrons. The maximum atomic E-state index is 9.98. The zero-order valence-corrected chi connectivity index (χ0v) is 8.32. The number of aldehydes is 1. The Hall–Kier alpha value is -0.890. The number of ether oxygens (including phenoxy) is 1. The minimum absolute atomic E-state index is 0.241. The molecule has 0 radical (unpaired) electrons. The van der Waals surface area contributed by atoms with Crippen molar-refractivity contribution in [3.8, 4) is 0 Å². The molecule has 2 bridgehead atoms. The van der Waals surface area contributed by atoms with Gasteiger partial charge in [-0.1, -0.05) is 23.8 Å². The van der Waals surface area contributed by atoms with Crippen molar-refractivity contribution in [2.45, 2.75) is 19.3 Å². The van der Waals surface area contributed by atoms with Crippen LogP contribution in [0.3, 0.4) is 0 Å². The summed E-state index contributed by atoms with van der Waals surface area (Å²) in [6.45, 7) is 0.947. The summed E-state index contributed by atoms with van der Waals surface area (Å²) in [5.74, 6) is 1.43. The molecule has 2 atom stereocenters. The Labute approximate surface area is 84.6 Å². The maximum Gasteiger partial charge on any atom is 0.145 e. The van der Waals surface area contributed by atoms with Crippen molar-refractivity contribution in [2.24, 2.45) is 11.8 Å². The number of carbonyl (C=O) groups excluding carboxylic acids is 1. The van der Waals surface area contributed by atoms with Gasteiger partial charge in [0.15, 0.2) is 0 Å². The Morgan fingerprint density at radius 2 is 2.43 bits per heavy atom. The second-order valence-corrected chi connectivity index (χ2v) is 3.98. The van der Waals surface area contributed by atoms with E-state index in [0.29, 0.717) is 18.4 Å². The molecule has 0 aromatic rings. The van der Waals surface area contributed by atoms with E-state index >= 15 is 0 Å². The molecule has 2 unspecified atom stereocenters. The van der Waals surface area contributed by atoms with E-state index in [2.05, 4.69) is 18.2 Å². The van der Waals surface area contributed by atoms with Crippen LogP contribution < -0.4 is 0 Å². The molecular formula is C12H16O2. The molecule has 14 heavy (non-hydrogen) atoms. The molecule has 2 heteroatoms. The zero-order chi connectivity index (χ0) is 9.80. The minimum Gasteiger partial charge on any atom is -0.374 e. The molecule has 2 nitrogen and oxygen atoms in total. The minimum atomic E-state index is 0.241. The normalized spacial score (nSPS) is 28.1. The molecule has 2 rings (SSSR count). The SMILES string of the molecule is O=CCOCCCC1=CC2C=CC1C2.